The van der Waals surface area contributed by atoms with E-state index in [0.717, 1.165) is 10.6 Å². The van der Waals surface area contributed by atoms with Gasteiger partial charge in [-0.15, -0.1) is 11.3 Å². The normalized spacial score (nSPS) is 11.5. The number of nitrogens with zero attached hydrogens (tertiary/aromatic N) is 2. The second-order valence-electron chi connectivity index (χ2n) is 7.29. The standard InChI is InChI=1S/C21H22N4O6S.CH4/c1-11-22-14-4-3-12(9-13(14)19(28)23-11)10-25(2)17-7-6-16(32-17)20(29)24-15(21(30)31)5-8-18(26)27;/h3-4,6-7,9,15H,5,8,10H2,1-2H3,(H,24,29)(H,26,27)(H,30,31)(H,22,23,28);1H4/t15-;/m0./s1. The maximum absolute atomic E-state index is 12.4. The lowest BCUT2D eigenvalue weighted by molar-refractivity contribution is -0.140. The predicted octanol–water partition coefficient (Wildman–Crippen LogP) is 2.61. The molecule has 0 bridgehead atoms. The summed E-state index contributed by atoms with van der Waals surface area (Å²) < 4.78 is 0. The lowest BCUT2D eigenvalue weighted by Crippen LogP contribution is -2.40. The molecule has 3 aromatic rings. The van der Waals surface area contributed by atoms with Gasteiger partial charge in [0.05, 0.1) is 20.8 Å². The molecule has 1 amide bonds. The number of carbonyl (C=O) groups is 3. The van der Waals surface area contributed by atoms with Crippen LogP contribution < -0.4 is 15.8 Å². The van der Waals surface area contributed by atoms with Gasteiger partial charge in [-0.05, 0) is 43.2 Å². The number of anilines is 1. The molecular weight excluding hydrogens is 448 g/mol. The number of hydrogen-bond donors (Lipinski definition) is 4. The summed E-state index contributed by atoms with van der Waals surface area (Å²) >= 11 is 1.18. The first-order chi connectivity index (χ1) is 15.1. The molecule has 2 heterocycles. The third kappa shape index (κ3) is 6.39. The second kappa shape index (κ2) is 10.7. The van der Waals surface area contributed by atoms with Gasteiger partial charge in [-0.25, -0.2) is 9.78 Å². The van der Waals surface area contributed by atoms with Crippen molar-refractivity contribution in [3.8, 4) is 0 Å². The van der Waals surface area contributed by atoms with E-state index in [9.17, 15) is 24.3 Å². The Labute approximate surface area is 193 Å². The Morgan fingerprint density at radius 3 is 2.61 bits per heavy atom. The number of carbonyl (C=O) groups excluding carboxylic acids is 1. The first-order valence-electron chi connectivity index (χ1n) is 9.70. The molecule has 0 radical (unpaired) electrons. The van der Waals surface area contributed by atoms with E-state index in [2.05, 4.69) is 15.3 Å². The number of aryl methyl sites for hydroxylation is 1. The van der Waals surface area contributed by atoms with Crippen molar-refractivity contribution in [3.05, 3.63) is 57.0 Å². The van der Waals surface area contributed by atoms with Gasteiger partial charge in [0.25, 0.3) is 11.5 Å². The number of H-pyrrole nitrogens is 1. The zero-order valence-corrected chi connectivity index (χ0v) is 18.2. The molecule has 0 spiro atoms. The van der Waals surface area contributed by atoms with E-state index >= 15 is 0 Å². The van der Waals surface area contributed by atoms with Crippen molar-refractivity contribution in [1.29, 1.82) is 0 Å². The van der Waals surface area contributed by atoms with Crippen LogP contribution >= 0.6 is 11.3 Å². The van der Waals surface area contributed by atoms with Crippen LogP contribution in [0.25, 0.3) is 10.9 Å². The summed E-state index contributed by atoms with van der Waals surface area (Å²) in [6, 6.07) is 7.49. The first-order valence-corrected chi connectivity index (χ1v) is 10.5. The summed E-state index contributed by atoms with van der Waals surface area (Å²) in [6.45, 7) is 2.19. The van der Waals surface area contributed by atoms with Crippen LogP contribution in [0.1, 0.15) is 41.3 Å². The molecule has 33 heavy (non-hydrogen) atoms. The number of nitrogens with one attached hydrogen (secondary N) is 2. The molecule has 176 valence electrons. The van der Waals surface area contributed by atoms with E-state index in [1.807, 2.05) is 18.0 Å². The number of aliphatic carboxylic acids is 2. The SMILES string of the molecule is C.Cc1nc2ccc(CN(C)c3ccc(C(=O)N[C@@H](CCC(=O)O)C(=O)O)s3)cc2c(=O)[nH]1. The number of benzene rings is 1. The molecule has 1 aromatic carbocycles. The maximum atomic E-state index is 12.4. The Morgan fingerprint density at radius 1 is 1.21 bits per heavy atom. The monoisotopic (exact) mass is 474 g/mol. The Bertz CT molecular complexity index is 1240. The van der Waals surface area contributed by atoms with Crippen LogP contribution in [0.3, 0.4) is 0 Å². The summed E-state index contributed by atoms with van der Waals surface area (Å²) in [5.74, 6) is -2.45. The first kappa shape index (κ1) is 25.5. The molecule has 0 unspecified atom stereocenters. The largest absolute Gasteiger partial charge is 0.481 e. The van der Waals surface area contributed by atoms with E-state index in [1.54, 1.807) is 31.2 Å². The van der Waals surface area contributed by atoms with Gasteiger partial charge in [0.15, 0.2) is 0 Å². The average Bonchev–Trinajstić information content (AvgIpc) is 3.21. The number of amides is 1. The minimum Gasteiger partial charge on any atom is -0.481 e. The minimum absolute atomic E-state index is 0. The van der Waals surface area contributed by atoms with Crippen LogP contribution in [0.2, 0.25) is 0 Å². The van der Waals surface area contributed by atoms with E-state index < -0.39 is 23.9 Å². The third-order valence-electron chi connectivity index (χ3n) is 4.75. The lowest BCUT2D eigenvalue weighted by Gasteiger charge is -2.17. The van der Waals surface area contributed by atoms with Crippen molar-refractivity contribution in [3.63, 3.8) is 0 Å². The van der Waals surface area contributed by atoms with Crippen LogP contribution in [0.15, 0.2) is 35.1 Å². The summed E-state index contributed by atoms with van der Waals surface area (Å²) in [7, 11) is 1.84. The fraction of sp³-hybridized carbons (Fsp3) is 0.318. The molecule has 10 nitrogen and oxygen atoms in total. The summed E-state index contributed by atoms with van der Waals surface area (Å²) in [5, 5.41) is 21.6. The quantitative estimate of drug-likeness (QED) is 0.369. The highest BCUT2D eigenvalue weighted by atomic mass is 32.1. The molecule has 3 rings (SSSR count). The number of aromatic nitrogens is 2. The Morgan fingerprint density at radius 2 is 1.94 bits per heavy atom. The molecule has 2 aromatic heterocycles. The molecule has 0 saturated heterocycles. The van der Waals surface area contributed by atoms with Crippen molar-refractivity contribution < 1.29 is 24.6 Å². The van der Waals surface area contributed by atoms with Crippen molar-refractivity contribution in [2.75, 3.05) is 11.9 Å². The van der Waals surface area contributed by atoms with E-state index in [-0.39, 0.29) is 25.8 Å². The van der Waals surface area contributed by atoms with Crippen LogP contribution in [-0.2, 0) is 16.1 Å². The van der Waals surface area contributed by atoms with E-state index in [1.165, 1.54) is 11.3 Å². The van der Waals surface area contributed by atoms with Crippen LogP contribution in [0, 0.1) is 6.92 Å². The molecule has 11 heteroatoms. The highest BCUT2D eigenvalue weighted by Crippen LogP contribution is 2.27. The number of fused-ring (bicyclic) bond motifs is 1. The number of carboxylic acid groups (broad SMARTS) is 2. The third-order valence-corrected chi connectivity index (χ3v) is 5.95. The average molecular weight is 475 g/mol. The Hall–Kier alpha value is -3.73. The number of thiophene rings is 1. The fourth-order valence-electron chi connectivity index (χ4n) is 3.16. The molecule has 0 aliphatic carbocycles. The van der Waals surface area contributed by atoms with Gasteiger partial charge in [-0.1, -0.05) is 13.5 Å². The van der Waals surface area contributed by atoms with Gasteiger partial charge in [0, 0.05) is 20.0 Å². The van der Waals surface area contributed by atoms with Crippen LogP contribution in [-0.4, -0.2) is 51.1 Å². The molecule has 4 N–H and O–H groups in total. The number of hydrogen-bond acceptors (Lipinski definition) is 7. The fourth-order valence-corrected chi connectivity index (χ4v) is 4.03. The summed E-state index contributed by atoms with van der Waals surface area (Å²) in [6.07, 6.45) is -0.566. The topological polar surface area (TPSA) is 153 Å². The minimum atomic E-state index is -1.29. The van der Waals surface area contributed by atoms with Crippen LogP contribution in [0.4, 0.5) is 5.00 Å². The van der Waals surface area contributed by atoms with Crippen LogP contribution in [0.5, 0.6) is 0 Å². The lowest BCUT2D eigenvalue weighted by atomic mass is 10.1. The maximum Gasteiger partial charge on any atom is 0.326 e. The number of rotatable bonds is 9. The molecule has 0 fully saturated rings. The Kier molecular flexibility index (Phi) is 8.30. The molecule has 0 aliphatic rings. The van der Waals surface area contributed by atoms with Gasteiger partial charge >= 0.3 is 11.9 Å². The number of aromatic amines is 1. The van der Waals surface area contributed by atoms with Gasteiger partial charge in [-0.2, -0.15) is 0 Å². The molecule has 1 atom stereocenters. The predicted molar refractivity (Wildman–Crippen MR) is 126 cm³/mol. The zero-order chi connectivity index (χ0) is 23.4. The van der Waals surface area contributed by atoms with Gasteiger partial charge < -0.3 is 25.4 Å². The Balaban J connectivity index is 0.00000385. The van der Waals surface area contributed by atoms with Crippen molar-refractivity contribution >= 4 is 45.1 Å². The smallest absolute Gasteiger partial charge is 0.326 e. The van der Waals surface area contributed by atoms with E-state index in [0.29, 0.717) is 28.1 Å². The molecule has 0 saturated carbocycles. The highest BCUT2D eigenvalue weighted by molar-refractivity contribution is 7.17. The summed E-state index contributed by atoms with van der Waals surface area (Å²) in [5.41, 5.74) is 1.29. The van der Waals surface area contributed by atoms with Gasteiger partial charge in [0.2, 0.25) is 0 Å². The van der Waals surface area contributed by atoms with Crippen molar-refractivity contribution in [2.45, 2.75) is 39.8 Å². The van der Waals surface area contributed by atoms with Gasteiger partial charge in [0.1, 0.15) is 11.9 Å². The second-order valence-corrected chi connectivity index (χ2v) is 8.36. The number of carboxylic acids is 2. The van der Waals surface area contributed by atoms with Gasteiger partial charge in [-0.3, -0.25) is 14.4 Å². The molecule has 0 aliphatic heterocycles. The van der Waals surface area contributed by atoms with Crippen molar-refractivity contribution in [1.82, 2.24) is 15.3 Å². The van der Waals surface area contributed by atoms with Crippen molar-refractivity contribution in [2.24, 2.45) is 0 Å². The van der Waals surface area contributed by atoms with E-state index in [4.69, 9.17) is 5.11 Å². The zero-order valence-electron chi connectivity index (χ0n) is 17.4. The highest BCUT2D eigenvalue weighted by Gasteiger charge is 2.22. The molecular formula is C22H26N4O6S. The summed E-state index contributed by atoms with van der Waals surface area (Å²) in [4.78, 5) is 55.8.